The molecule has 0 radical (unpaired) electrons. The van der Waals surface area contributed by atoms with Crippen molar-refractivity contribution < 1.29 is 4.74 Å². The van der Waals surface area contributed by atoms with Crippen LogP contribution in [0.25, 0.3) is 0 Å². The second kappa shape index (κ2) is 5.52. The second-order valence-corrected chi connectivity index (χ2v) is 7.20. The molecule has 0 spiro atoms. The summed E-state index contributed by atoms with van der Waals surface area (Å²) in [7, 11) is 0. The Hall–Kier alpha value is -0.430. The maximum atomic E-state index is 12.1. The van der Waals surface area contributed by atoms with Crippen LogP contribution in [0.1, 0.15) is 64.1 Å². The van der Waals surface area contributed by atoms with E-state index >= 15 is 0 Å². The van der Waals surface area contributed by atoms with Gasteiger partial charge in [0.1, 0.15) is 11.9 Å². The van der Waals surface area contributed by atoms with E-state index in [1.807, 2.05) is 6.92 Å². The predicted molar refractivity (Wildman–Crippen MR) is 83.4 cm³/mol. The zero-order chi connectivity index (χ0) is 14.2. The number of halogens is 1. The minimum Gasteiger partial charge on any atom is -0.370 e. The molecule has 1 aromatic rings. The molecule has 1 unspecified atom stereocenters. The Morgan fingerprint density at radius 3 is 2.58 bits per heavy atom. The largest absolute Gasteiger partial charge is 0.370 e. The van der Waals surface area contributed by atoms with Gasteiger partial charge in [-0.25, -0.2) is 4.98 Å². The number of H-pyrrole nitrogens is 1. The Labute approximate surface area is 127 Å². The Morgan fingerprint density at radius 1 is 1.47 bits per heavy atom. The van der Waals surface area contributed by atoms with Crippen LogP contribution >= 0.6 is 22.6 Å². The quantitative estimate of drug-likeness (QED) is 0.820. The first-order chi connectivity index (χ1) is 8.84. The summed E-state index contributed by atoms with van der Waals surface area (Å²) >= 11 is 2.10. The van der Waals surface area contributed by atoms with Crippen molar-refractivity contribution in [1.29, 1.82) is 0 Å². The number of rotatable bonds is 4. The molecule has 0 bridgehead atoms. The van der Waals surface area contributed by atoms with Crippen LogP contribution in [0.3, 0.4) is 0 Å². The molecule has 1 aliphatic rings. The third-order valence-corrected chi connectivity index (χ3v) is 4.28. The van der Waals surface area contributed by atoms with Crippen LogP contribution < -0.4 is 5.56 Å². The van der Waals surface area contributed by atoms with Crippen LogP contribution in [0.5, 0.6) is 0 Å². The zero-order valence-electron chi connectivity index (χ0n) is 11.9. The van der Waals surface area contributed by atoms with Crippen molar-refractivity contribution in [3.8, 4) is 0 Å². The molecule has 106 valence electrons. The van der Waals surface area contributed by atoms with Crippen molar-refractivity contribution in [2.75, 3.05) is 6.61 Å². The van der Waals surface area contributed by atoms with E-state index in [-0.39, 0.29) is 17.1 Å². The van der Waals surface area contributed by atoms with Crippen molar-refractivity contribution >= 4 is 22.6 Å². The fraction of sp³-hybridized carbons (Fsp3) is 0.714. The monoisotopic (exact) mass is 376 g/mol. The van der Waals surface area contributed by atoms with Gasteiger partial charge in [0.05, 0.1) is 9.26 Å². The maximum absolute atomic E-state index is 12.1. The molecule has 1 fully saturated rings. The zero-order valence-corrected chi connectivity index (χ0v) is 14.1. The van der Waals surface area contributed by atoms with Crippen LogP contribution in [0.15, 0.2) is 4.79 Å². The molecule has 1 N–H and O–H groups in total. The Morgan fingerprint density at radius 2 is 2.11 bits per heavy atom. The number of hydrogen-bond donors (Lipinski definition) is 1. The molecule has 0 aromatic carbocycles. The Kier molecular flexibility index (Phi) is 4.35. The fourth-order valence-corrected chi connectivity index (χ4v) is 2.85. The van der Waals surface area contributed by atoms with Gasteiger partial charge in [0.15, 0.2) is 0 Å². The molecular weight excluding hydrogens is 355 g/mol. The molecule has 0 saturated heterocycles. The molecule has 0 aliphatic heterocycles. The summed E-state index contributed by atoms with van der Waals surface area (Å²) in [5, 5.41) is 0. The van der Waals surface area contributed by atoms with E-state index in [1.165, 1.54) is 0 Å². The molecule has 1 heterocycles. The topological polar surface area (TPSA) is 55.0 Å². The number of nitrogens with zero attached hydrogens (tertiary/aromatic N) is 1. The summed E-state index contributed by atoms with van der Waals surface area (Å²) in [6.45, 7) is 8.87. The summed E-state index contributed by atoms with van der Waals surface area (Å²) in [5.41, 5.74) is 0.814. The molecule has 0 amide bonds. The smallest absolute Gasteiger partial charge is 0.264 e. The minimum absolute atomic E-state index is 0.0403. The standard InChI is InChI=1S/C14H21IN2O2/c1-5-19-11(14(2,3)4)12-16-10(8-6-7-8)9(15)13(18)17-12/h8,11H,5-7H2,1-4H3,(H,16,17,18). The maximum Gasteiger partial charge on any atom is 0.264 e. The lowest BCUT2D eigenvalue weighted by Gasteiger charge is -2.29. The van der Waals surface area contributed by atoms with E-state index in [0.29, 0.717) is 18.3 Å². The lowest BCUT2D eigenvalue weighted by atomic mass is 9.88. The van der Waals surface area contributed by atoms with Crippen LogP contribution in [0.4, 0.5) is 0 Å². The normalized spacial score (nSPS) is 17.5. The number of aromatic nitrogens is 2. The van der Waals surface area contributed by atoms with Gasteiger partial charge < -0.3 is 9.72 Å². The first-order valence-corrected chi connectivity index (χ1v) is 7.83. The molecular formula is C14H21IN2O2. The van der Waals surface area contributed by atoms with Gasteiger partial charge >= 0.3 is 0 Å². The van der Waals surface area contributed by atoms with Gasteiger partial charge in [-0.1, -0.05) is 20.8 Å². The summed E-state index contributed by atoms with van der Waals surface area (Å²) in [6.07, 6.45) is 2.10. The lowest BCUT2D eigenvalue weighted by molar-refractivity contribution is -0.0194. The number of hydrogen-bond acceptors (Lipinski definition) is 3. The van der Waals surface area contributed by atoms with Crippen LogP contribution in [0, 0.1) is 8.99 Å². The number of nitrogens with one attached hydrogen (secondary N) is 1. The Balaban J connectivity index is 2.45. The van der Waals surface area contributed by atoms with Gasteiger partial charge in [0, 0.05) is 12.5 Å². The molecule has 1 atom stereocenters. The predicted octanol–water partition coefficient (Wildman–Crippen LogP) is 3.38. The summed E-state index contributed by atoms with van der Waals surface area (Å²) in [5.74, 6) is 1.14. The van der Waals surface area contributed by atoms with Gasteiger partial charge in [-0.05, 0) is 47.8 Å². The summed E-state index contributed by atoms with van der Waals surface area (Å²) in [6, 6.07) is 0. The fourth-order valence-electron chi connectivity index (χ4n) is 2.15. The van der Waals surface area contributed by atoms with E-state index in [1.54, 1.807) is 0 Å². The highest BCUT2D eigenvalue weighted by molar-refractivity contribution is 14.1. The van der Waals surface area contributed by atoms with Crippen molar-refractivity contribution in [1.82, 2.24) is 9.97 Å². The van der Waals surface area contributed by atoms with Crippen molar-refractivity contribution in [2.45, 2.75) is 52.6 Å². The third kappa shape index (κ3) is 3.37. The van der Waals surface area contributed by atoms with Gasteiger partial charge in [-0.2, -0.15) is 0 Å². The molecule has 1 aromatic heterocycles. The van der Waals surface area contributed by atoms with Crippen LogP contribution in [-0.4, -0.2) is 16.6 Å². The van der Waals surface area contributed by atoms with Gasteiger partial charge in [-0.15, -0.1) is 0 Å². The van der Waals surface area contributed by atoms with Gasteiger partial charge in [0.2, 0.25) is 0 Å². The summed E-state index contributed by atoms with van der Waals surface area (Å²) < 4.78 is 6.54. The van der Waals surface area contributed by atoms with Crippen LogP contribution in [0.2, 0.25) is 0 Å². The van der Waals surface area contributed by atoms with E-state index in [4.69, 9.17) is 9.72 Å². The first-order valence-electron chi connectivity index (χ1n) is 6.75. The van der Waals surface area contributed by atoms with E-state index in [9.17, 15) is 4.79 Å². The van der Waals surface area contributed by atoms with E-state index in [2.05, 4.69) is 48.3 Å². The molecule has 2 rings (SSSR count). The minimum atomic E-state index is -0.181. The highest BCUT2D eigenvalue weighted by atomic mass is 127. The lowest BCUT2D eigenvalue weighted by Crippen LogP contribution is -2.28. The molecule has 4 nitrogen and oxygen atoms in total. The van der Waals surface area contributed by atoms with Crippen LogP contribution in [-0.2, 0) is 4.74 Å². The summed E-state index contributed by atoms with van der Waals surface area (Å²) in [4.78, 5) is 19.7. The SMILES string of the molecule is CCOC(c1nc(C2CC2)c(I)c(=O)[nH]1)C(C)(C)C. The second-order valence-electron chi connectivity index (χ2n) is 6.13. The average Bonchev–Trinajstić information content (AvgIpc) is 3.12. The molecule has 5 heteroatoms. The highest BCUT2D eigenvalue weighted by Gasteiger charge is 2.33. The first kappa shape index (κ1) is 15.0. The average molecular weight is 376 g/mol. The van der Waals surface area contributed by atoms with Crippen molar-refractivity contribution in [3.05, 3.63) is 25.4 Å². The number of ether oxygens (including phenoxy) is 1. The Bertz CT molecular complexity index is 515. The van der Waals surface area contributed by atoms with E-state index < -0.39 is 0 Å². The highest BCUT2D eigenvalue weighted by Crippen LogP contribution is 2.41. The van der Waals surface area contributed by atoms with Gasteiger partial charge in [0.25, 0.3) is 5.56 Å². The molecule has 1 saturated carbocycles. The van der Waals surface area contributed by atoms with Gasteiger partial charge in [-0.3, -0.25) is 4.79 Å². The van der Waals surface area contributed by atoms with E-state index in [0.717, 1.165) is 22.1 Å². The third-order valence-electron chi connectivity index (χ3n) is 3.24. The molecule has 1 aliphatic carbocycles. The molecule has 19 heavy (non-hydrogen) atoms. The van der Waals surface area contributed by atoms with Crippen molar-refractivity contribution in [3.63, 3.8) is 0 Å². The number of aromatic amines is 1. The van der Waals surface area contributed by atoms with Crippen molar-refractivity contribution in [2.24, 2.45) is 5.41 Å².